The smallest absolute Gasteiger partial charge is 0.233 e. The van der Waals surface area contributed by atoms with Gasteiger partial charge in [0.15, 0.2) is 17.3 Å². The van der Waals surface area contributed by atoms with E-state index < -0.39 is 0 Å². The number of aromatic amines is 1. The van der Waals surface area contributed by atoms with E-state index in [2.05, 4.69) is 32.2 Å². The Labute approximate surface area is 197 Å². The molecule has 2 heterocycles. The van der Waals surface area contributed by atoms with Gasteiger partial charge in [0.2, 0.25) is 16.8 Å². The lowest BCUT2D eigenvalue weighted by Crippen LogP contribution is -2.49. The fourth-order valence-electron chi connectivity index (χ4n) is 3.73. The summed E-state index contributed by atoms with van der Waals surface area (Å²) in [5.74, 6) is 2.51. The highest BCUT2D eigenvalue weighted by Crippen LogP contribution is 2.40. The van der Waals surface area contributed by atoms with E-state index in [9.17, 15) is 4.79 Å². The first-order chi connectivity index (χ1) is 16.1. The van der Waals surface area contributed by atoms with E-state index in [1.807, 2.05) is 23.1 Å². The highest BCUT2D eigenvalue weighted by Gasteiger charge is 2.22. The zero-order chi connectivity index (χ0) is 23.2. The number of ether oxygens (including phenoxy) is 3. The molecule has 0 spiro atoms. The maximum Gasteiger partial charge on any atom is 0.233 e. The summed E-state index contributed by atoms with van der Waals surface area (Å²) in [5.41, 5.74) is 1.94. The third kappa shape index (κ3) is 5.16. The Bertz CT molecular complexity index is 1060. The lowest BCUT2D eigenvalue weighted by molar-refractivity contribution is -0.128. The van der Waals surface area contributed by atoms with Gasteiger partial charge in [-0.15, -0.1) is 5.10 Å². The van der Waals surface area contributed by atoms with Crippen LogP contribution in [0.5, 0.6) is 17.2 Å². The average molecular weight is 470 g/mol. The first-order valence-electron chi connectivity index (χ1n) is 10.6. The molecule has 0 bridgehead atoms. The number of piperazine rings is 1. The summed E-state index contributed by atoms with van der Waals surface area (Å²) in [5, 5.41) is 7.68. The van der Waals surface area contributed by atoms with E-state index in [0.717, 1.165) is 18.7 Å². The van der Waals surface area contributed by atoms with Crippen molar-refractivity contribution >= 4 is 23.4 Å². The second-order valence-electron chi connectivity index (χ2n) is 7.37. The van der Waals surface area contributed by atoms with Crippen molar-refractivity contribution in [3.8, 4) is 28.6 Å². The van der Waals surface area contributed by atoms with Crippen LogP contribution in [-0.2, 0) is 4.79 Å². The molecule has 1 aliphatic rings. The van der Waals surface area contributed by atoms with Crippen LogP contribution < -0.4 is 19.1 Å². The topological polar surface area (TPSA) is 92.8 Å². The molecule has 1 N–H and O–H groups in total. The molecule has 174 valence electrons. The molecular formula is C23H27N5O4S. The summed E-state index contributed by atoms with van der Waals surface area (Å²) < 4.78 is 16.2. The number of aromatic nitrogens is 3. The minimum atomic E-state index is 0.0897. The third-order valence-electron chi connectivity index (χ3n) is 5.48. The lowest BCUT2D eigenvalue weighted by atomic mass is 10.1. The molecule has 3 aromatic rings. The molecule has 0 aliphatic carbocycles. The Morgan fingerprint density at radius 2 is 1.67 bits per heavy atom. The fourth-order valence-corrected chi connectivity index (χ4v) is 4.43. The molecule has 0 atom stereocenters. The minimum absolute atomic E-state index is 0.0897. The zero-order valence-electron chi connectivity index (χ0n) is 18.9. The SMILES string of the molecule is COc1cc(-c2nc(SCC(=O)N3CCN(c4ccccc4)CC3)n[nH]2)cc(OC)c1OC. The van der Waals surface area contributed by atoms with E-state index in [4.69, 9.17) is 14.2 Å². The molecule has 9 nitrogen and oxygen atoms in total. The van der Waals surface area contributed by atoms with Crippen LogP contribution in [0, 0.1) is 0 Å². The maximum absolute atomic E-state index is 12.7. The number of hydrogen-bond donors (Lipinski definition) is 1. The number of carbonyl (C=O) groups excluding carboxylic acids is 1. The van der Waals surface area contributed by atoms with Crippen molar-refractivity contribution in [3.63, 3.8) is 0 Å². The first kappa shape index (κ1) is 22.8. The number of nitrogens with zero attached hydrogens (tertiary/aromatic N) is 4. The largest absolute Gasteiger partial charge is 0.493 e. The summed E-state index contributed by atoms with van der Waals surface area (Å²) in [6.45, 7) is 3.07. The van der Waals surface area contributed by atoms with Crippen LogP contribution >= 0.6 is 11.8 Å². The standard InChI is InChI=1S/C23H27N5O4S/c1-30-18-13-16(14-19(31-2)21(18)32-3)22-24-23(26-25-22)33-15-20(29)28-11-9-27(10-12-28)17-7-5-4-6-8-17/h4-8,13-14H,9-12,15H2,1-3H3,(H,24,25,26). The number of methoxy groups -OCH3 is 3. The molecular weight excluding hydrogens is 442 g/mol. The van der Waals surface area contributed by atoms with Crippen LogP contribution in [0.15, 0.2) is 47.6 Å². The van der Waals surface area contributed by atoms with Crippen molar-refractivity contribution in [1.82, 2.24) is 20.1 Å². The summed E-state index contributed by atoms with van der Waals surface area (Å²) in [6, 6.07) is 13.9. The number of para-hydroxylation sites is 1. The Morgan fingerprint density at radius 1 is 1.00 bits per heavy atom. The normalized spacial score (nSPS) is 13.7. The summed E-state index contributed by atoms with van der Waals surface area (Å²) in [7, 11) is 4.68. The van der Waals surface area contributed by atoms with Crippen molar-refractivity contribution in [2.75, 3.05) is 58.2 Å². The lowest BCUT2D eigenvalue weighted by Gasteiger charge is -2.36. The van der Waals surface area contributed by atoms with Gasteiger partial charge in [-0.1, -0.05) is 30.0 Å². The predicted octanol–water partition coefficient (Wildman–Crippen LogP) is 2.94. The highest BCUT2D eigenvalue weighted by molar-refractivity contribution is 7.99. The maximum atomic E-state index is 12.7. The van der Waals surface area contributed by atoms with Crippen molar-refractivity contribution in [1.29, 1.82) is 0 Å². The molecule has 1 aliphatic heterocycles. The molecule has 33 heavy (non-hydrogen) atoms. The molecule has 0 unspecified atom stereocenters. The molecule has 0 saturated carbocycles. The summed E-state index contributed by atoms with van der Waals surface area (Å²) >= 11 is 1.32. The molecule has 10 heteroatoms. The second kappa shape index (κ2) is 10.5. The van der Waals surface area contributed by atoms with Gasteiger partial charge in [-0.25, -0.2) is 4.98 Å². The number of rotatable bonds is 8. The number of thioether (sulfide) groups is 1. The Kier molecular flexibility index (Phi) is 7.23. The third-order valence-corrected chi connectivity index (χ3v) is 6.31. The second-order valence-corrected chi connectivity index (χ2v) is 8.32. The van der Waals surface area contributed by atoms with Crippen molar-refractivity contribution in [3.05, 3.63) is 42.5 Å². The number of anilines is 1. The van der Waals surface area contributed by atoms with Crippen molar-refractivity contribution in [2.24, 2.45) is 0 Å². The van der Waals surface area contributed by atoms with Gasteiger partial charge in [-0.05, 0) is 24.3 Å². The molecule has 2 aromatic carbocycles. The van der Waals surface area contributed by atoms with Crippen molar-refractivity contribution in [2.45, 2.75) is 5.16 Å². The van der Waals surface area contributed by atoms with Gasteiger partial charge >= 0.3 is 0 Å². The molecule has 1 aromatic heterocycles. The van der Waals surface area contributed by atoms with E-state index in [1.165, 1.54) is 17.4 Å². The van der Waals surface area contributed by atoms with Crippen LogP contribution in [0.2, 0.25) is 0 Å². The Balaban J connectivity index is 1.34. The van der Waals surface area contributed by atoms with Gasteiger partial charge in [-0.2, -0.15) is 0 Å². The van der Waals surface area contributed by atoms with E-state index >= 15 is 0 Å². The first-order valence-corrected chi connectivity index (χ1v) is 11.5. The van der Waals surface area contributed by atoms with E-state index in [1.54, 1.807) is 33.5 Å². The van der Waals surface area contributed by atoms with E-state index in [-0.39, 0.29) is 11.7 Å². The Morgan fingerprint density at radius 3 is 2.27 bits per heavy atom. The number of H-pyrrole nitrogens is 1. The van der Waals surface area contributed by atoms with Crippen molar-refractivity contribution < 1.29 is 19.0 Å². The van der Waals surface area contributed by atoms with Gasteiger partial charge in [0.05, 0.1) is 27.1 Å². The van der Waals surface area contributed by atoms with Gasteiger partial charge in [0.25, 0.3) is 0 Å². The summed E-state index contributed by atoms with van der Waals surface area (Å²) in [6.07, 6.45) is 0. The molecule has 4 rings (SSSR count). The molecule has 1 fully saturated rings. The van der Waals surface area contributed by atoms with Crippen LogP contribution in [0.1, 0.15) is 0 Å². The van der Waals surface area contributed by atoms with Gasteiger partial charge in [0, 0.05) is 37.4 Å². The minimum Gasteiger partial charge on any atom is -0.493 e. The summed E-state index contributed by atoms with van der Waals surface area (Å²) in [4.78, 5) is 21.4. The monoisotopic (exact) mass is 469 g/mol. The molecule has 1 amide bonds. The molecule has 1 saturated heterocycles. The van der Waals surface area contributed by atoms with Gasteiger partial charge < -0.3 is 24.0 Å². The number of hydrogen-bond acceptors (Lipinski definition) is 8. The van der Waals surface area contributed by atoms with E-state index in [0.29, 0.717) is 41.3 Å². The fraction of sp³-hybridized carbons (Fsp3) is 0.348. The quantitative estimate of drug-likeness (QED) is 0.504. The van der Waals surface area contributed by atoms with Crippen LogP contribution in [0.25, 0.3) is 11.4 Å². The number of benzene rings is 2. The van der Waals surface area contributed by atoms with Gasteiger partial charge in [-0.3, -0.25) is 9.89 Å². The molecule has 0 radical (unpaired) electrons. The number of amides is 1. The van der Waals surface area contributed by atoms with Crippen LogP contribution in [-0.4, -0.2) is 79.2 Å². The van der Waals surface area contributed by atoms with Gasteiger partial charge in [0.1, 0.15) is 0 Å². The van der Waals surface area contributed by atoms with Crippen LogP contribution in [0.4, 0.5) is 5.69 Å². The highest BCUT2D eigenvalue weighted by atomic mass is 32.2. The number of carbonyl (C=O) groups is 1. The Hall–Kier alpha value is -3.40. The average Bonchev–Trinajstić information content (AvgIpc) is 3.36. The predicted molar refractivity (Wildman–Crippen MR) is 127 cm³/mol. The van der Waals surface area contributed by atoms with Crippen LogP contribution in [0.3, 0.4) is 0 Å². The zero-order valence-corrected chi connectivity index (χ0v) is 19.7. The number of nitrogens with one attached hydrogen (secondary N) is 1.